The van der Waals surface area contributed by atoms with Crippen LogP contribution < -0.4 is 5.32 Å². The summed E-state index contributed by atoms with van der Waals surface area (Å²) >= 11 is 0. The molecular formula is C12H17N3O4. The number of ketones is 1. The van der Waals surface area contributed by atoms with Gasteiger partial charge in [0.05, 0.1) is 11.2 Å². The van der Waals surface area contributed by atoms with Gasteiger partial charge in [-0.1, -0.05) is 0 Å². The Kier molecular flexibility index (Phi) is 3.32. The zero-order valence-electron chi connectivity index (χ0n) is 11.1. The largest absolute Gasteiger partial charge is 0.465 e. The number of ether oxygens (including phenoxy) is 1. The minimum Gasteiger partial charge on any atom is -0.465 e. The lowest BCUT2D eigenvalue weighted by atomic mass is 10.1. The average molecular weight is 267 g/mol. The normalized spacial score (nSPS) is 19.7. The molecule has 2 N–H and O–H groups in total. The number of hydrogen-bond donors (Lipinski definition) is 2. The van der Waals surface area contributed by atoms with Crippen LogP contribution in [0, 0.1) is 0 Å². The van der Waals surface area contributed by atoms with Gasteiger partial charge < -0.3 is 9.84 Å². The summed E-state index contributed by atoms with van der Waals surface area (Å²) in [6.07, 6.45) is -1.25. The van der Waals surface area contributed by atoms with Crippen LogP contribution in [0.15, 0.2) is 6.07 Å². The number of nitrogens with zero attached hydrogens (tertiary/aromatic N) is 2. The van der Waals surface area contributed by atoms with Crippen molar-refractivity contribution in [2.75, 3.05) is 11.9 Å². The lowest BCUT2D eigenvalue weighted by Gasteiger charge is -2.21. The van der Waals surface area contributed by atoms with E-state index in [1.807, 2.05) is 20.8 Å². The van der Waals surface area contributed by atoms with Crippen molar-refractivity contribution in [1.29, 1.82) is 0 Å². The Labute approximate surface area is 110 Å². The number of aromatic nitrogens is 2. The molecule has 1 aromatic heterocycles. The number of hydrogen-bond acceptors (Lipinski definition) is 4. The van der Waals surface area contributed by atoms with E-state index in [0.717, 1.165) is 0 Å². The molecule has 19 heavy (non-hydrogen) atoms. The maximum atomic E-state index is 11.2. The van der Waals surface area contributed by atoms with E-state index < -0.39 is 6.09 Å². The summed E-state index contributed by atoms with van der Waals surface area (Å²) in [5, 5.41) is 15.5. The number of anilines is 1. The Bertz CT molecular complexity index is 516. The van der Waals surface area contributed by atoms with E-state index in [9.17, 15) is 9.59 Å². The second-order valence-electron chi connectivity index (χ2n) is 5.51. The van der Waals surface area contributed by atoms with Crippen LogP contribution in [0.2, 0.25) is 0 Å². The summed E-state index contributed by atoms with van der Waals surface area (Å²) < 4.78 is 6.92. The molecule has 0 saturated carbocycles. The fourth-order valence-corrected chi connectivity index (χ4v) is 1.97. The predicted octanol–water partition coefficient (Wildman–Crippen LogP) is 1.76. The number of carbonyl (C=O) groups excluding carboxylic acids is 1. The fourth-order valence-electron chi connectivity index (χ4n) is 1.97. The second kappa shape index (κ2) is 4.65. The van der Waals surface area contributed by atoms with E-state index >= 15 is 0 Å². The molecule has 1 unspecified atom stereocenters. The Hall–Kier alpha value is -1.89. The maximum Gasteiger partial charge on any atom is 0.410 e. The molecule has 2 heterocycles. The molecule has 1 aromatic rings. The molecule has 2 rings (SSSR count). The molecule has 104 valence electrons. The van der Waals surface area contributed by atoms with Crippen molar-refractivity contribution in [3.05, 3.63) is 11.8 Å². The molecular weight excluding hydrogens is 250 g/mol. The zero-order valence-corrected chi connectivity index (χ0v) is 11.1. The number of Topliss-reactive ketones (excluding diaryl/α,β-unsaturated/α-hetero) is 1. The molecule has 0 aromatic carbocycles. The van der Waals surface area contributed by atoms with Gasteiger partial charge in [-0.3, -0.25) is 10.1 Å². The third kappa shape index (κ3) is 2.93. The highest BCUT2D eigenvalue weighted by atomic mass is 16.5. The topological polar surface area (TPSA) is 93.5 Å². The van der Waals surface area contributed by atoms with Gasteiger partial charge in [-0.25, -0.2) is 9.48 Å². The van der Waals surface area contributed by atoms with Gasteiger partial charge in [0.1, 0.15) is 18.5 Å². The SMILES string of the molecule is CC(C)(C)n1nc(C2CC(=O)CO2)cc1NC(=O)O. The van der Waals surface area contributed by atoms with Crippen molar-refractivity contribution >= 4 is 17.7 Å². The van der Waals surface area contributed by atoms with E-state index in [-0.39, 0.29) is 30.5 Å². The third-order valence-corrected chi connectivity index (χ3v) is 2.79. The van der Waals surface area contributed by atoms with Crippen molar-refractivity contribution in [2.24, 2.45) is 0 Å². The quantitative estimate of drug-likeness (QED) is 0.851. The van der Waals surface area contributed by atoms with E-state index in [0.29, 0.717) is 11.5 Å². The van der Waals surface area contributed by atoms with Gasteiger partial charge in [-0.15, -0.1) is 0 Å². The van der Waals surface area contributed by atoms with Gasteiger partial charge in [0.2, 0.25) is 0 Å². The molecule has 1 aliphatic heterocycles. The van der Waals surface area contributed by atoms with Gasteiger partial charge in [0.25, 0.3) is 0 Å². The van der Waals surface area contributed by atoms with E-state index in [1.165, 1.54) is 0 Å². The highest BCUT2D eigenvalue weighted by molar-refractivity contribution is 5.83. The summed E-state index contributed by atoms with van der Waals surface area (Å²) in [6, 6.07) is 1.61. The predicted molar refractivity (Wildman–Crippen MR) is 67.2 cm³/mol. The first-order valence-corrected chi connectivity index (χ1v) is 6.01. The molecule has 7 heteroatoms. The standard InChI is InChI=1S/C12H17N3O4/c1-12(2,3)15-10(13-11(17)18)5-8(14-15)9-4-7(16)6-19-9/h5,9,13H,4,6H2,1-3H3,(H,17,18). The van der Waals surface area contributed by atoms with Crippen LogP contribution in [-0.2, 0) is 15.1 Å². The highest BCUT2D eigenvalue weighted by Crippen LogP contribution is 2.30. The summed E-state index contributed by atoms with van der Waals surface area (Å²) in [5.41, 5.74) is 0.197. The number of amides is 1. The molecule has 0 spiro atoms. The minimum absolute atomic E-state index is 0.0306. The van der Waals surface area contributed by atoms with Gasteiger partial charge in [0.15, 0.2) is 5.78 Å². The Morgan fingerprint density at radius 2 is 2.26 bits per heavy atom. The minimum atomic E-state index is -1.15. The van der Waals surface area contributed by atoms with Crippen LogP contribution in [-0.4, -0.2) is 33.4 Å². The van der Waals surface area contributed by atoms with Crippen LogP contribution in [0.5, 0.6) is 0 Å². The Morgan fingerprint density at radius 1 is 1.58 bits per heavy atom. The van der Waals surface area contributed by atoms with Crippen molar-refractivity contribution in [1.82, 2.24) is 9.78 Å². The van der Waals surface area contributed by atoms with Crippen molar-refractivity contribution in [2.45, 2.75) is 38.8 Å². The second-order valence-corrected chi connectivity index (χ2v) is 5.51. The Morgan fingerprint density at radius 3 is 2.74 bits per heavy atom. The van der Waals surface area contributed by atoms with Crippen LogP contribution in [0.1, 0.15) is 39.0 Å². The van der Waals surface area contributed by atoms with Gasteiger partial charge in [0, 0.05) is 12.5 Å². The molecule has 1 saturated heterocycles. The summed E-state index contributed by atoms with van der Waals surface area (Å²) in [5.74, 6) is 0.404. The van der Waals surface area contributed by atoms with Crippen molar-refractivity contribution < 1.29 is 19.4 Å². The molecule has 1 aliphatic rings. The first-order chi connectivity index (χ1) is 8.77. The molecule has 0 bridgehead atoms. The zero-order chi connectivity index (χ0) is 14.2. The number of carbonyl (C=O) groups is 2. The summed E-state index contributed by atoms with van der Waals surface area (Å²) in [7, 11) is 0. The number of rotatable bonds is 2. The summed E-state index contributed by atoms with van der Waals surface area (Å²) in [6.45, 7) is 5.83. The Balaban J connectivity index is 2.34. The van der Waals surface area contributed by atoms with E-state index in [1.54, 1.807) is 10.7 Å². The summed E-state index contributed by atoms with van der Waals surface area (Å²) in [4.78, 5) is 22.0. The molecule has 7 nitrogen and oxygen atoms in total. The maximum absolute atomic E-state index is 11.2. The third-order valence-electron chi connectivity index (χ3n) is 2.79. The van der Waals surface area contributed by atoms with Crippen LogP contribution in [0.3, 0.4) is 0 Å². The van der Waals surface area contributed by atoms with E-state index in [4.69, 9.17) is 9.84 Å². The monoisotopic (exact) mass is 267 g/mol. The smallest absolute Gasteiger partial charge is 0.410 e. The molecule has 1 amide bonds. The first kappa shape index (κ1) is 13.5. The number of carboxylic acid groups (broad SMARTS) is 1. The lowest BCUT2D eigenvalue weighted by molar-refractivity contribution is -0.117. The van der Waals surface area contributed by atoms with Crippen molar-refractivity contribution in [3.8, 4) is 0 Å². The fraction of sp³-hybridized carbons (Fsp3) is 0.583. The van der Waals surface area contributed by atoms with Crippen LogP contribution in [0.25, 0.3) is 0 Å². The van der Waals surface area contributed by atoms with Gasteiger partial charge in [-0.05, 0) is 20.8 Å². The average Bonchev–Trinajstić information content (AvgIpc) is 2.82. The molecule has 1 fully saturated rings. The molecule has 1 atom stereocenters. The molecule has 0 aliphatic carbocycles. The highest BCUT2D eigenvalue weighted by Gasteiger charge is 2.29. The van der Waals surface area contributed by atoms with Gasteiger partial charge >= 0.3 is 6.09 Å². The van der Waals surface area contributed by atoms with Gasteiger partial charge in [-0.2, -0.15) is 5.10 Å². The molecule has 0 radical (unpaired) electrons. The lowest BCUT2D eigenvalue weighted by Crippen LogP contribution is -2.26. The van der Waals surface area contributed by atoms with E-state index in [2.05, 4.69) is 10.4 Å². The first-order valence-electron chi connectivity index (χ1n) is 6.01. The van der Waals surface area contributed by atoms with Crippen LogP contribution in [0.4, 0.5) is 10.6 Å². The van der Waals surface area contributed by atoms with Crippen molar-refractivity contribution in [3.63, 3.8) is 0 Å². The van der Waals surface area contributed by atoms with Crippen LogP contribution >= 0.6 is 0 Å². The number of nitrogens with one attached hydrogen (secondary N) is 1.